The molecule has 3 heteroatoms. The molecule has 0 bridgehead atoms. The summed E-state index contributed by atoms with van der Waals surface area (Å²) in [5, 5.41) is 3.50. The first-order chi connectivity index (χ1) is 7.81. The lowest BCUT2D eigenvalue weighted by Crippen LogP contribution is -2.14. The lowest BCUT2D eigenvalue weighted by molar-refractivity contribution is 0.762. The number of anilines is 1. The molecule has 3 nitrogen and oxygen atoms in total. The fraction of sp³-hybridized carbons (Fsp3) is 0.308. The highest BCUT2D eigenvalue weighted by Gasteiger charge is 2.05. The van der Waals surface area contributed by atoms with Gasteiger partial charge in [0.15, 0.2) is 0 Å². The van der Waals surface area contributed by atoms with Gasteiger partial charge in [-0.1, -0.05) is 19.1 Å². The molecule has 1 N–H and O–H groups in total. The van der Waals surface area contributed by atoms with Crippen LogP contribution in [0.3, 0.4) is 0 Å². The van der Waals surface area contributed by atoms with Gasteiger partial charge in [-0.15, -0.1) is 0 Å². The smallest absolute Gasteiger partial charge is 0.0992 e. The molecular formula is C13H17N3. The number of imidazole rings is 1. The van der Waals surface area contributed by atoms with E-state index in [0.29, 0.717) is 6.04 Å². The Balaban J connectivity index is 2.31. The van der Waals surface area contributed by atoms with E-state index in [0.717, 1.165) is 17.8 Å². The molecule has 1 atom stereocenters. The molecule has 1 heterocycles. The van der Waals surface area contributed by atoms with Gasteiger partial charge >= 0.3 is 0 Å². The number of rotatable bonds is 4. The molecule has 1 aromatic heterocycles. The monoisotopic (exact) mass is 215 g/mol. The zero-order chi connectivity index (χ0) is 11.4. The zero-order valence-corrected chi connectivity index (χ0v) is 9.72. The van der Waals surface area contributed by atoms with Gasteiger partial charge in [0.2, 0.25) is 0 Å². The molecule has 1 unspecified atom stereocenters. The lowest BCUT2D eigenvalue weighted by Gasteiger charge is -2.16. The first-order valence-corrected chi connectivity index (χ1v) is 5.65. The van der Waals surface area contributed by atoms with Gasteiger partial charge in [0.1, 0.15) is 0 Å². The van der Waals surface area contributed by atoms with E-state index in [9.17, 15) is 0 Å². The quantitative estimate of drug-likeness (QED) is 0.849. The molecular weight excluding hydrogens is 198 g/mol. The molecule has 0 aliphatic rings. The normalized spacial score (nSPS) is 12.4. The third kappa shape index (κ3) is 2.24. The Morgan fingerprint density at radius 2 is 2.19 bits per heavy atom. The Bertz CT molecular complexity index is 434. The van der Waals surface area contributed by atoms with Crippen LogP contribution in [0.4, 0.5) is 5.69 Å². The van der Waals surface area contributed by atoms with E-state index in [-0.39, 0.29) is 0 Å². The first-order valence-electron chi connectivity index (χ1n) is 5.65. The second-order valence-corrected chi connectivity index (χ2v) is 3.94. The van der Waals surface area contributed by atoms with E-state index in [1.54, 1.807) is 6.20 Å². The Morgan fingerprint density at radius 3 is 2.88 bits per heavy atom. The van der Waals surface area contributed by atoms with Crippen molar-refractivity contribution in [2.75, 3.05) is 5.32 Å². The van der Waals surface area contributed by atoms with Gasteiger partial charge in [0, 0.05) is 18.4 Å². The summed E-state index contributed by atoms with van der Waals surface area (Å²) in [4.78, 5) is 4.07. The summed E-state index contributed by atoms with van der Waals surface area (Å²) < 4.78 is 2.02. The summed E-state index contributed by atoms with van der Waals surface area (Å²) in [6.07, 6.45) is 6.67. The summed E-state index contributed by atoms with van der Waals surface area (Å²) in [6.45, 7) is 4.36. The first kappa shape index (κ1) is 10.7. The summed E-state index contributed by atoms with van der Waals surface area (Å²) in [5.41, 5.74) is 2.29. The topological polar surface area (TPSA) is 29.9 Å². The molecule has 0 saturated heterocycles. The van der Waals surface area contributed by atoms with Crippen LogP contribution in [0.25, 0.3) is 5.69 Å². The Morgan fingerprint density at radius 1 is 1.38 bits per heavy atom. The average molecular weight is 215 g/mol. The molecule has 0 aliphatic carbocycles. The van der Waals surface area contributed by atoms with E-state index < -0.39 is 0 Å². The van der Waals surface area contributed by atoms with Crippen molar-refractivity contribution in [2.24, 2.45) is 0 Å². The minimum Gasteiger partial charge on any atom is -0.381 e. The second kappa shape index (κ2) is 4.84. The molecule has 16 heavy (non-hydrogen) atoms. The molecule has 2 aromatic rings. The van der Waals surface area contributed by atoms with Gasteiger partial charge in [-0.2, -0.15) is 0 Å². The number of aromatic nitrogens is 2. The van der Waals surface area contributed by atoms with Crippen molar-refractivity contribution in [3.05, 3.63) is 43.0 Å². The second-order valence-electron chi connectivity index (χ2n) is 3.94. The number of nitrogens with zero attached hydrogens (tertiary/aromatic N) is 2. The van der Waals surface area contributed by atoms with Crippen LogP contribution in [0.5, 0.6) is 0 Å². The highest BCUT2D eigenvalue weighted by molar-refractivity contribution is 5.61. The number of para-hydroxylation sites is 2. The van der Waals surface area contributed by atoms with Crippen molar-refractivity contribution >= 4 is 5.69 Å². The van der Waals surface area contributed by atoms with Crippen LogP contribution in [0, 0.1) is 0 Å². The molecule has 0 amide bonds. The van der Waals surface area contributed by atoms with Gasteiger partial charge in [0.25, 0.3) is 0 Å². The minimum absolute atomic E-state index is 0.477. The molecule has 0 spiro atoms. The maximum absolute atomic E-state index is 4.07. The number of benzene rings is 1. The Hall–Kier alpha value is -1.77. The third-order valence-corrected chi connectivity index (χ3v) is 2.70. The van der Waals surface area contributed by atoms with Crippen LogP contribution in [-0.4, -0.2) is 15.6 Å². The molecule has 0 radical (unpaired) electrons. The summed E-state index contributed by atoms with van der Waals surface area (Å²) in [5.74, 6) is 0. The number of nitrogens with one attached hydrogen (secondary N) is 1. The van der Waals surface area contributed by atoms with Crippen molar-refractivity contribution in [1.29, 1.82) is 0 Å². The molecule has 84 valence electrons. The molecule has 0 fully saturated rings. The van der Waals surface area contributed by atoms with Gasteiger partial charge in [-0.25, -0.2) is 4.98 Å². The third-order valence-electron chi connectivity index (χ3n) is 2.70. The van der Waals surface area contributed by atoms with Crippen molar-refractivity contribution in [3.63, 3.8) is 0 Å². The van der Waals surface area contributed by atoms with Crippen LogP contribution >= 0.6 is 0 Å². The maximum atomic E-state index is 4.07. The fourth-order valence-electron chi connectivity index (χ4n) is 1.59. The lowest BCUT2D eigenvalue weighted by atomic mass is 10.2. The van der Waals surface area contributed by atoms with Crippen molar-refractivity contribution < 1.29 is 0 Å². The fourth-order valence-corrected chi connectivity index (χ4v) is 1.59. The predicted molar refractivity (Wildman–Crippen MR) is 66.9 cm³/mol. The van der Waals surface area contributed by atoms with Gasteiger partial charge in [-0.05, 0) is 25.5 Å². The summed E-state index contributed by atoms with van der Waals surface area (Å²) >= 11 is 0. The van der Waals surface area contributed by atoms with E-state index in [4.69, 9.17) is 0 Å². The molecule has 0 aliphatic heterocycles. The van der Waals surface area contributed by atoms with Crippen molar-refractivity contribution in [1.82, 2.24) is 9.55 Å². The maximum Gasteiger partial charge on any atom is 0.0992 e. The SMILES string of the molecule is CCC(C)Nc1ccccc1-n1ccnc1. The van der Waals surface area contributed by atoms with Crippen LogP contribution in [0.15, 0.2) is 43.0 Å². The highest BCUT2D eigenvalue weighted by atomic mass is 15.1. The zero-order valence-electron chi connectivity index (χ0n) is 9.72. The van der Waals surface area contributed by atoms with Crippen LogP contribution in [0.2, 0.25) is 0 Å². The molecule has 0 saturated carbocycles. The van der Waals surface area contributed by atoms with Crippen LogP contribution in [-0.2, 0) is 0 Å². The minimum atomic E-state index is 0.477. The van der Waals surface area contributed by atoms with Crippen molar-refractivity contribution in [2.45, 2.75) is 26.3 Å². The van der Waals surface area contributed by atoms with Crippen molar-refractivity contribution in [3.8, 4) is 5.69 Å². The number of hydrogen-bond acceptors (Lipinski definition) is 2. The highest BCUT2D eigenvalue weighted by Crippen LogP contribution is 2.20. The summed E-state index contributed by atoms with van der Waals surface area (Å²) in [6, 6.07) is 8.75. The number of hydrogen-bond donors (Lipinski definition) is 1. The Kier molecular flexibility index (Phi) is 3.25. The van der Waals surface area contributed by atoms with E-state index in [1.165, 1.54) is 0 Å². The van der Waals surface area contributed by atoms with Crippen LogP contribution < -0.4 is 5.32 Å². The standard InChI is InChI=1S/C13H17N3/c1-3-11(2)15-12-6-4-5-7-13(12)16-9-8-14-10-16/h4-11,15H,3H2,1-2H3. The van der Waals surface area contributed by atoms with E-state index >= 15 is 0 Å². The largest absolute Gasteiger partial charge is 0.381 e. The van der Waals surface area contributed by atoms with Crippen LogP contribution in [0.1, 0.15) is 20.3 Å². The molecule has 2 rings (SSSR count). The van der Waals surface area contributed by atoms with Gasteiger partial charge in [-0.3, -0.25) is 0 Å². The van der Waals surface area contributed by atoms with E-state index in [1.807, 2.05) is 29.2 Å². The van der Waals surface area contributed by atoms with Gasteiger partial charge < -0.3 is 9.88 Å². The molecule has 1 aromatic carbocycles. The van der Waals surface area contributed by atoms with Gasteiger partial charge in [0.05, 0.1) is 17.7 Å². The summed E-state index contributed by atoms with van der Waals surface area (Å²) in [7, 11) is 0. The van der Waals surface area contributed by atoms with E-state index in [2.05, 4.69) is 36.3 Å². The Labute approximate surface area is 96.1 Å². The average Bonchev–Trinajstić information content (AvgIpc) is 2.83. The predicted octanol–water partition coefficient (Wildman–Crippen LogP) is 3.08.